The zero-order chi connectivity index (χ0) is 21.8. The van der Waals surface area contributed by atoms with Crippen molar-refractivity contribution in [1.29, 1.82) is 0 Å². The standard InChI is InChI=1S/C24H31NO5/c1-4-7-16-30-21-14-8-18(17-22(21)28-5-2)9-15-23(26)25-20-12-10-19(11-13-20)24(27)29-6-3/h8,10-14,17H,4-7,9,15-16H2,1-3H3,(H,25,26). The molecule has 0 aliphatic heterocycles. The molecule has 0 saturated carbocycles. The maximum absolute atomic E-state index is 12.3. The van der Waals surface area contributed by atoms with Crippen LogP contribution in [0.3, 0.4) is 0 Å². The van der Waals surface area contributed by atoms with Crippen molar-refractivity contribution in [3.05, 3.63) is 53.6 Å². The number of ether oxygens (including phenoxy) is 3. The summed E-state index contributed by atoms with van der Waals surface area (Å²) in [5.41, 5.74) is 2.11. The lowest BCUT2D eigenvalue weighted by atomic mass is 10.1. The molecule has 162 valence electrons. The number of nitrogens with one attached hydrogen (secondary N) is 1. The van der Waals surface area contributed by atoms with Gasteiger partial charge in [-0.25, -0.2) is 4.79 Å². The Morgan fingerprint density at radius 3 is 2.33 bits per heavy atom. The normalized spacial score (nSPS) is 10.4. The highest BCUT2D eigenvalue weighted by Crippen LogP contribution is 2.29. The van der Waals surface area contributed by atoms with Crippen LogP contribution >= 0.6 is 0 Å². The zero-order valence-corrected chi connectivity index (χ0v) is 18.0. The second-order valence-electron chi connectivity index (χ2n) is 6.76. The molecular weight excluding hydrogens is 382 g/mol. The van der Waals surface area contributed by atoms with Crippen molar-refractivity contribution in [3.8, 4) is 11.5 Å². The molecule has 1 amide bonds. The molecule has 0 aliphatic carbocycles. The Bertz CT molecular complexity index is 817. The number of esters is 1. The summed E-state index contributed by atoms with van der Waals surface area (Å²) in [5.74, 6) is 0.976. The minimum atomic E-state index is -0.373. The predicted molar refractivity (Wildman–Crippen MR) is 117 cm³/mol. The van der Waals surface area contributed by atoms with Crippen LogP contribution in [0.1, 0.15) is 56.0 Å². The van der Waals surface area contributed by atoms with E-state index in [1.165, 1.54) is 0 Å². The third-order valence-electron chi connectivity index (χ3n) is 4.38. The number of aryl methyl sites for hydroxylation is 1. The maximum atomic E-state index is 12.3. The molecule has 0 radical (unpaired) electrons. The molecule has 1 N–H and O–H groups in total. The second-order valence-corrected chi connectivity index (χ2v) is 6.76. The summed E-state index contributed by atoms with van der Waals surface area (Å²) in [4.78, 5) is 24.0. The van der Waals surface area contributed by atoms with E-state index in [9.17, 15) is 9.59 Å². The molecule has 0 spiro atoms. The molecule has 0 saturated heterocycles. The Hall–Kier alpha value is -3.02. The van der Waals surface area contributed by atoms with E-state index in [4.69, 9.17) is 14.2 Å². The summed E-state index contributed by atoms with van der Waals surface area (Å²) < 4.78 is 16.4. The number of rotatable bonds is 12. The molecule has 0 aliphatic rings. The minimum Gasteiger partial charge on any atom is -0.490 e. The van der Waals surface area contributed by atoms with E-state index in [0.29, 0.717) is 49.7 Å². The van der Waals surface area contributed by atoms with E-state index < -0.39 is 0 Å². The molecule has 0 aromatic heterocycles. The number of anilines is 1. The number of unbranched alkanes of at least 4 members (excludes halogenated alkanes) is 1. The number of amides is 1. The summed E-state index contributed by atoms with van der Waals surface area (Å²) in [7, 11) is 0. The summed E-state index contributed by atoms with van der Waals surface area (Å²) in [5, 5.41) is 2.85. The van der Waals surface area contributed by atoms with Gasteiger partial charge in [-0.2, -0.15) is 0 Å². The third kappa shape index (κ3) is 7.43. The lowest BCUT2D eigenvalue weighted by Crippen LogP contribution is -2.12. The molecule has 2 aromatic carbocycles. The van der Waals surface area contributed by atoms with Gasteiger partial charge in [0.1, 0.15) is 0 Å². The maximum Gasteiger partial charge on any atom is 0.338 e. The van der Waals surface area contributed by atoms with Crippen molar-refractivity contribution in [2.45, 2.75) is 46.5 Å². The Labute approximate surface area is 178 Å². The average Bonchev–Trinajstić information content (AvgIpc) is 2.74. The first-order valence-corrected chi connectivity index (χ1v) is 10.5. The van der Waals surface area contributed by atoms with Gasteiger partial charge in [0.25, 0.3) is 0 Å². The summed E-state index contributed by atoms with van der Waals surface area (Å²) in [6.07, 6.45) is 2.99. The fourth-order valence-electron chi connectivity index (χ4n) is 2.81. The van der Waals surface area contributed by atoms with Gasteiger partial charge in [-0.3, -0.25) is 4.79 Å². The Kier molecular flexibility index (Phi) is 9.71. The van der Waals surface area contributed by atoms with Gasteiger partial charge in [0.2, 0.25) is 5.91 Å². The predicted octanol–water partition coefficient (Wildman–Crippen LogP) is 5.01. The average molecular weight is 414 g/mol. The number of carbonyl (C=O) groups excluding carboxylic acids is 2. The molecular formula is C24H31NO5. The quantitative estimate of drug-likeness (QED) is 0.391. The first-order valence-electron chi connectivity index (χ1n) is 10.5. The number of hydrogen-bond acceptors (Lipinski definition) is 5. The van der Waals surface area contributed by atoms with Gasteiger partial charge in [-0.15, -0.1) is 0 Å². The van der Waals surface area contributed by atoms with Crippen LogP contribution in [0.5, 0.6) is 11.5 Å². The monoisotopic (exact) mass is 413 g/mol. The summed E-state index contributed by atoms with van der Waals surface area (Å²) >= 11 is 0. The third-order valence-corrected chi connectivity index (χ3v) is 4.38. The molecule has 0 unspecified atom stereocenters. The highest BCUT2D eigenvalue weighted by atomic mass is 16.5. The first-order chi connectivity index (χ1) is 14.6. The number of benzene rings is 2. The molecule has 0 heterocycles. The number of hydrogen-bond donors (Lipinski definition) is 1. The molecule has 6 heteroatoms. The van der Waals surface area contributed by atoms with E-state index in [0.717, 1.165) is 24.2 Å². The second kappa shape index (κ2) is 12.5. The van der Waals surface area contributed by atoms with Crippen molar-refractivity contribution >= 4 is 17.6 Å². The van der Waals surface area contributed by atoms with Crippen molar-refractivity contribution in [1.82, 2.24) is 0 Å². The van der Waals surface area contributed by atoms with Crippen LogP contribution in [-0.4, -0.2) is 31.7 Å². The summed E-state index contributed by atoms with van der Waals surface area (Å²) in [6.45, 7) is 7.35. The smallest absolute Gasteiger partial charge is 0.338 e. The van der Waals surface area contributed by atoms with Crippen LogP contribution in [0, 0.1) is 0 Å². The van der Waals surface area contributed by atoms with Crippen molar-refractivity contribution in [2.75, 3.05) is 25.1 Å². The largest absolute Gasteiger partial charge is 0.490 e. The van der Waals surface area contributed by atoms with Crippen LogP contribution < -0.4 is 14.8 Å². The summed E-state index contributed by atoms with van der Waals surface area (Å²) in [6, 6.07) is 12.5. The van der Waals surface area contributed by atoms with E-state index in [1.54, 1.807) is 31.2 Å². The van der Waals surface area contributed by atoms with Crippen LogP contribution in [0.2, 0.25) is 0 Å². The molecule has 2 aromatic rings. The van der Waals surface area contributed by atoms with Gasteiger partial charge in [-0.1, -0.05) is 19.4 Å². The Morgan fingerprint density at radius 2 is 1.67 bits per heavy atom. The molecule has 0 fully saturated rings. The number of carbonyl (C=O) groups is 2. The fourth-order valence-corrected chi connectivity index (χ4v) is 2.81. The van der Waals surface area contributed by atoms with Crippen molar-refractivity contribution in [3.63, 3.8) is 0 Å². The zero-order valence-electron chi connectivity index (χ0n) is 18.0. The molecule has 2 rings (SSSR count). The van der Waals surface area contributed by atoms with Gasteiger partial charge in [-0.05, 0) is 68.7 Å². The first kappa shape index (κ1) is 23.3. The van der Waals surface area contributed by atoms with Crippen molar-refractivity contribution in [2.24, 2.45) is 0 Å². The van der Waals surface area contributed by atoms with Crippen LogP contribution in [-0.2, 0) is 16.0 Å². The SMILES string of the molecule is CCCCOc1ccc(CCC(=O)Nc2ccc(C(=O)OCC)cc2)cc1OCC. The highest BCUT2D eigenvalue weighted by molar-refractivity contribution is 5.93. The van der Waals surface area contributed by atoms with E-state index in [2.05, 4.69) is 12.2 Å². The lowest BCUT2D eigenvalue weighted by Gasteiger charge is -2.13. The Morgan fingerprint density at radius 1 is 0.900 bits per heavy atom. The van der Waals surface area contributed by atoms with Crippen LogP contribution in [0.4, 0.5) is 5.69 Å². The van der Waals surface area contributed by atoms with E-state index in [-0.39, 0.29) is 11.9 Å². The molecule has 30 heavy (non-hydrogen) atoms. The van der Waals surface area contributed by atoms with Crippen LogP contribution in [0.25, 0.3) is 0 Å². The molecule has 0 bridgehead atoms. The van der Waals surface area contributed by atoms with Gasteiger partial charge < -0.3 is 19.5 Å². The van der Waals surface area contributed by atoms with Crippen LogP contribution in [0.15, 0.2) is 42.5 Å². The van der Waals surface area contributed by atoms with E-state index >= 15 is 0 Å². The highest BCUT2D eigenvalue weighted by Gasteiger charge is 2.10. The van der Waals surface area contributed by atoms with Crippen molar-refractivity contribution < 1.29 is 23.8 Å². The van der Waals surface area contributed by atoms with Gasteiger partial charge >= 0.3 is 5.97 Å². The molecule has 0 atom stereocenters. The lowest BCUT2D eigenvalue weighted by molar-refractivity contribution is -0.116. The van der Waals surface area contributed by atoms with E-state index in [1.807, 2.05) is 25.1 Å². The topological polar surface area (TPSA) is 73.9 Å². The van der Waals surface area contributed by atoms with Gasteiger partial charge in [0.05, 0.1) is 25.4 Å². The Balaban J connectivity index is 1.90. The minimum absolute atomic E-state index is 0.0971. The molecule has 6 nitrogen and oxygen atoms in total. The fraction of sp³-hybridized carbons (Fsp3) is 0.417. The van der Waals surface area contributed by atoms with Gasteiger partial charge in [0, 0.05) is 12.1 Å². The van der Waals surface area contributed by atoms with Gasteiger partial charge in [0.15, 0.2) is 11.5 Å².